The van der Waals surface area contributed by atoms with Crippen LogP contribution in [0.3, 0.4) is 0 Å². The number of amides is 1. The predicted octanol–water partition coefficient (Wildman–Crippen LogP) is 1.27. The van der Waals surface area contributed by atoms with Crippen LogP contribution >= 0.6 is 0 Å². The van der Waals surface area contributed by atoms with Crippen molar-refractivity contribution in [2.24, 2.45) is 0 Å². The number of aromatic amines is 1. The van der Waals surface area contributed by atoms with Gasteiger partial charge in [-0.3, -0.25) is 14.7 Å². The maximum atomic E-state index is 13.3. The number of carbonyl (C=O) groups is 1. The summed E-state index contributed by atoms with van der Waals surface area (Å²) in [6, 6.07) is 1.41. The van der Waals surface area contributed by atoms with E-state index in [-0.39, 0.29) is 30.3 Å². The van der Waals surface area contributed by atoms with Gasteiger partial charge in [-0.05, 0) is 26.3 Å². The van der Waals surface area contributed by atoms with Crippen LogP contribution in [0.2, 0.25) is 0 Å². The number of nitrogens with one attached hydrogen (secondary N) is 1. The molecule has 0 unspecified atom stereocenters. The van der Waals surface area contributed by atoms with E-state index in [0.29, 0.717) is 24.3 Å². The van der Waals surface area contributed by atoms with Crippen LogP contribution < -0.4 is 5.56 Å². The maximum Gasteiger partial charge on any atom is 0.266 e. The lowest BCUT2D eigenvalue weighted by Gasteiger charge is -2.25. The highest BCUT2D eigenvalue weighted by atomic mass is 19.1. The third-order valence-corrected chi connectivity index (χ3v) is 3.99. The Bertz CT molecular complexity index is 834. The summed E-state index contributed by atoms with van der Waals surface area (Å²) in [7, 11) is 0. The number of hydrogen-bond acceptors (Lipinski definition) is 3. The molecule has 1 amide bonds. The van der Waals surface area contributed by atoms with E-state index >= 15 is 0 Å². The van der Waals surface area contributed by atoms with Crippen molar-refractivity contribution in [3.05, 3.63) is 45.3 Å². The van der Waals surface area contributed by atoms with E-state index < -0.39 is 0 Å². The fraction of sp³-hybridized carbons (Fsp3) is 0.400. The summed E-state index contributed by atoms with van der Waals surface area (Å²) in [5.74, 6) is -0.401. The van der Waals surface area contributed by atoms with Crippen molar-refractivity contribution in [3.63, 3.8) is 0 Å². The normalized spacial score (nSPS) is 15.2. The van der Waals surface area contributed by atoms with Crippen LogP contribution in [-0.4, -0.2) is 38.5 Å². The lowest BCUT2D eigenvalue weighted by atomic mass is 10.1. The van der Waals surface area contributed by atoms with E-state index in [1.165, 1.54) is 17.0 Å². The molecule has 22 heavy (non-hydrogen) atoms. The number of rotatable bonds is 2. The first-order valence-electron chi connectivity index (χ1n) is 7.16. The molecular weight excluding hydrogens is 287 g/mol. The van der Waals surface area contributed by atoms with E-state index in [2.05, 4.69) is 10.1 Å². The van der Waals surface area contributed by atoms with Gasteiger partial charge in [0.05, 0.1) is 13.0 Å². The second-order valence-corrected chi connectivity index (χ2v) is 5.51. The van der Waals surface area contributed by atoms with E-state index in [1.54, 1.807) is 4.52 Å². The van der Waals surface area contributed by atoms with Crippen LogP contribution in [0.5, 0.6) is 0 Å². The van der Waals surface area contributed by atoms with Crippen molar-refractivity contribution in [2.75, 3.05) is 13.1 Å². The SMILES string of the molecule is Cc1nc2cc(=O)[nH]n2c(C)c1CC(=O)N1CCC=C(F)C1. The smallest absolute Gasteiger partial charge is 0.266 e. The Balaban J connectivity index is 1.92. The molecule has 3 heterocycles. The highest BCUT2D eigenvalue weighted by Crippen LogP contribution is 2.17. The average molecular weight is 304 g/mol. The van der Waals surface area contributed by atoms with Crippen molar-refractivity contribution >= 4 is 11.6 Å². The number of fused-ring (bicyclic) bond motifs is 1. The van der Waals surface area contributed by atoms with Crippen molar-refractivity contribution in [2.45, 2.75) is 26.7 Å². The Morgan fingerprint density at radius 3 is 2.95 bits per heavy atom. The Morgan fingerprint density at radius 2 is 2.23 bits per heavy atom. The predicted molar refractivity (Wildman–Crippen MR) is 79.4 cm³/mol. The van der Waals surface area contributed by atoms with Gasteiger partial charge in [0.2, 0.25) is 5.91 Å². The fourth-order valence-corrected chi connectivity index (χ4v) is 2.79. The van der Waals surface area contributed by atoms with Crippen LogP contribution in [0, 0.1) is 13.8 Å². The van der Waals surface area contributed by atoms with Crippen molar-refractivity contribution in [1.82, 2.24) is 19.5 Å². The molecule has 2 aromatic rings. The molecule has 0 spiro atoms. The zero-order chi connectivity index (χ0) is 15.9. The molecule has 7 heteroatoms. The number of halogens is 1. The molecule has 0 bridgehead atoms. The molecule has 2 aromatic heterocycles. The van der Waals surface area contributed by atoms with Gasteiger partial charge in [-0.25, -0.2) is 13.9 Å². The van der Waals surface area contributed by atoms with Gasteiger partial charge in [0.25, 0.3) is 5.56 Å². The zero-order valence-electron chi connectivity index (χ0n) is 12.5. The topological polar surface area (TPSA) is 70.5 Å². The maximum absolute atomic E-state index is 13.3. The van der Waals surface area contributed by atoms with Crippen LogP contribution in [0.15, 0.2) is 22.8 Å². The Morgan fingerprint density at radius 1 is 1.45 bits per heavy atom. The number of hydrogen-bond donors (Lipinski definition) is 1. The molecule has 6 nitrogen and oxygen atoms in total. The average Bonchev–Trinajstić information content (AvgIpc) is 2.84. The largest absolute Gasteiger partial charge is 0.335 e. The molecule has 1 N–H and O–H groups in total. The fourth-order valence-electron chi connectivity index (χ4n) is 2.79. The Labute approximate surface area is 126 Å². The molecule has 1 aliphatic rings. The summed E-state index contributed by atoms with van der Waals surface area (Å²) >= 11 is 0. The minimum absolute atomic E-state index is 0.0347. The van der Waals surface area contributed by atoms with Gasteiger partial charge in [-0.1, -0.05) is 0 Å². The van der Waals surface area contributed by atoms with E-state index in [9.17, 15) is 14.0 Å². The quantitative estimate of drug-likeness (QED) is 0.908. The van der Waals surface area contributed by atoms with Gasteiger partial charge < -0.3 is 4.90 Å². The van der Waals surface area contributed by atoms with Gasteiger partial charge in [0.1, 0.15) is 5.83 Å². The lowest BCUT2D eigenvalue weighted by molar-refractivity contribution is -0.130. The first-order chi connectivity index (χ1) is 10.5. The molecule has 1 aliphatic heterocycles. The highest BCUT2D eigenvalue weighted by molar-refractivity contribution is 5.79. The zero-order valence-corrected chi connectivity index (χ0v) is 12.5. The second kappa shape index (κ2) is 5.40. The summed E-state index contributed by atoms with van der Waals surface area (Å²) in [6.45, 7) is 4.20. The first kappa shape index (κ1) is 14.5. The standard InChI is InChI=1S/C15H17FN4O2/c1-9-12(6-15(22)19-5-3-4-11(16)8-19)10(2)20-13(17-9)7-14(21)18-20/h4,7H,3,5-6,8H2,1-2H3,(H,18,21). The minimum atomic E-state index is -0.267. The van der Waals surface area contributed by atoms with Crippen molar-refractivity contribution < 1.29 is 9.18 Å². The van der Waals surface area contributed by atoms with E-state index in [4.69, 9.17) is 0 Å². The third kappa shape index (κ3) is 2.54. The van der Waals surface area contributed by atoms with E-state index in [1.807, 2.05) is 13.8 Å². The molecule has 0 aromatic carbocycles. The Hall–Kier alpha value is -2.44. The number of carbonyl (C=O) groups excluding carboxylic acids is 1. The molecule has 0 aliphatic carbocycles. The molecule has 0 saturated heterocycles. The third-order valence-electron chi connectivity index (χ3n) is 3.99. The van der Waals surface area contributed by atoms with E-state index in [0.717, 1.165) is 11.3 Å². The summed E-state index contributed by atoms with van der Waals surface area (Å²) in [5.41, 5.74) is 2.54. The molecular formula is C15H17FN4O2. The molecule has 0 atom stereocenters. The van der Waals surface area contributed by atoms with Crippen molar-refractivity contribution in [3.8, 4) is 0 Å². The second-order valence-electron chi connectivity index (χ2n) is 5.51. The van der Waals surface area contributed by atoms with Gasteiger partial charge in [0, 0.05) is 29.6 Å². The van der Waals surface area contributed by atoms with Gasteiger partial charge in [-0.2, -0.15) is 0 Å². The van der Waals surface area contributed by atoms with Crippen LogP contribution in [0.4, 0.5) is 4.39 Å². The highest BCUT2D eigenvalue weighted by Gasteiger charge is 2.21. The monoisotopic (exact) mass is 304 g/mol. The van der Waals surface area contributed by atoms with Gasteiger partial charge in [0.15, 0.2) is 5.65 Å². The first-order valence-corrected chi connectivity index (χ1v) is 7.16. The number of H-pyrrole nitrogens is 1. The van der Waals surface area contributed by atoms with Gasteiger partial charge >= 0.3 is 0 Å². The minimum Gasteiger partial charge on any atom is -0.335 e. The van der Waals surface area contributed by atoms with Crippen LogP contribution in [0.25, 0.3) is 5.65 Å². The number of aryl methyl sites for hydroxylation is 2. The summed E-state index contributed by atoms with van der Waals surface area (Å²) in [6.07, 6.45) is 2.20. The number of nitrogens with zero attached hydrogens (tertiary/aromatic N) is 3. The summed E-state index contributed by atoms with van der Waals surface area (Å²) in [5, 5.41) is 2.66. The molecule has 0 saturated carbocycles. The number of aromatic nitrogens is 3. The molecule has 0 fully saturated rings. The van der Waals surface area contributed by atoms with Gasteiger partial charge in [-0.15, -0.1) is 0 Å². The lowest BCUT2D eigenvalue weighted by Crippen LogP contribution is -2.36. The molecule has 0 radical (unpaired) electrons. The van der Waals surface area contributed by atoms with Crippen molar-refractivity contribution in [1.29, 1.82) is 0 Å². The summed E-state index contributed by atoms with van der Waals surface area (Å²) in [4.78, 5) is 29.7. The molecule has 3 rings (SSSR count). The Kier molecular flexibility index (Phi) is 3.56. The summed E-state index contributed by atoms with van der Waals surface area (Å²) < 4.78 is 14.9. The van der Waals surface area contributed by atoms with Crippen LogP contribution in [0.1, 0.15) is 23.4 Å². The molecule has 116 valence electrons. The van der Waals surface area contributed by atoms with Crippen LogP contribution in [-0.2, 0) is 11.2 Å².